The summed E-state index contributed by atoms with van der Waals surface area (Å²) in [6.45, 7) is 4.79. The van der Waals surface area contributed by atoms with Gasteiger partial charge in [0, 0.05) is 6.42 Å². The summed E-state index contributed by atoms with van der Waals surface area (Å²) in [7, 11) is 0. The molecule has 0 aromatic rings. The van der Waals surface area contributed by atoms with E-state index in [2.05, 4.69) is 13.8 Å². The van der Waals surface area contributed by atoms with E-state index < -0.39 is 5.97 Å². The first-order valence-electron chi connectivity index (χ1n) is 4.48. The second-order valence-corrected chi connectivity index (χ2v) is 3.67. The first-order chi connectivity index (χ1) is 5.56. The zero-order chi connectivity index (χ0) is 9.56. The number of hydrogen-bond acceptors (Lipinski definition) is 2. The molecule has 0 amide bonds. The van der Waals surface area contributed by atoms with Gasteiger partial charge in [-0.15, -0.1) is 0 Å². The fourth-order valence-corrected chi connectivity index (χ4v) is 1.45. The molecule has 0 aromatic carbocycles. The summed E-state index contributed by atoms with van der Waals surface area (Å²) < 4.78 is 0. The SMILES string of the molecule is CC(C)CC(CCN)CC(=O)O. The van der Waals surface area contributed by atoms with Crippen molar-refractivity contribution in [2.45, 2.75) is 33.1 Å². The van der Waals surface area contributed by atoms with Crippen molar-refractivity contribution >= 4 is 5.97 Å². The van der Waals surface area contributed by atoms with E-state index in [0.717, 1.165) is 12.8 Å². The average molecular weight is 173 g/mol. The summed E-state index contributed by atoms with van der Waals surface area (Å²) in [5.74, 6) is 0.0995. The van der Waals surface area contributed by atoms with Gasteiger partial charge in [0.05, 0.1) is 0 Å². The van der Waals surface area contributed by atoms with E-state index in [1.807, 2.05) is 0 Å². The quantitative estimate of drug-likeness (QED) is 0.639. The van der Waals surface area contributed by atoms with Gasteiger partial charge in [0.1, 0.15) is 0 Å². The van der Waals surface area contributed by atoms with Crippen LogP contribution in [0.2, 0.25) is 0 Å². The Bertz CT molecular complexity index is 134. The maximum atomic E-state index is 10.4. The second kappa shape index (κ2) is 6.00. The number of carboxylic acid groups (broad SMARTS) is 1. The molecule has 0 rings (SSSR count). The third kappa shape index (κ3) is 6.16. The van der Waals surface area contributed by atoms with Crippen molar-refractivity contribution in [1.82, 2.24) is 0 Å². The van der Waals surface area contributed by atoms with E-state index >= 15 is 0 Å². The lowest BCUT2D eigenvalue weighted by Crippen LogP contribution is -2.14. The van der Waals surface area contributed by atoms with Gasteiger partial charge in [-0.25, -0.2) is 0 Å². The topological polar surface area (TPSA) is 63.3 Å². The van der Waals surface area contributed by atoms with Crippen LogP contribution in [0.4, 0.5) is 0 Å². The third-order valence-corrected chi connectivity index (χ3v) is 1.84. The first kappa shape index (κ1) is 11.4. The first-order valence-corrected chi connectivity index (χ1v) is 4.48. The Morgan fingerprint density at radius 3 is 2.42 bits per heavy atom. The highest BCUT2D eigenvalue weighted by Gasteiger charge is 2.13. The van der Waals surface area contributed by atoms with Gasteiger partial charge in [-0.3, -0.25) is 4.79 Å². The fraction of sp³-hybridized carbons (Fsp3) is 0.889. The standard InChI is InChI=1S/C9H19NO2/c1-7(2)5-8(3-4-10)6-9(11)12/h7-8H,3-6,10H2,1-2H3,(H,11,12). The lowest BCUT2D eigenvalue weighted by atomic mass is 9.91. The van der Waals surface area contributed by atoms with Crippen LogP contribution in [-0.2, 0) is 4.79 Å². The van der Waals surface area contributed by atoms with Crippen molar-refractivity contribution in [3.8, 4) is 0 Å². The molecule has 1 unspecified atom stereocenters. The summed E-state index contributed by atoms with van der Waals surface area (Å²) in [5, 5.41) is 8.58. The molecule has 0 aromatic heterocycles. The summed E-state index contributed by atoms with van der Waals surface area (Å²) in [4.78, 5) is 10.4. The van der Waals surface area contributed by atoms with Gasteiger partial charge in [-0.2, -0.15) is 0 Å². The van der Waals surface area contributed by atoms with E-state index in [-0.39, 0.29) is 12.3 Å². The molecule has 0 spiro atoms. The van der Waals surface area contributed by atoms with Gasteiger partial charge in [-0.05, 0) is 31.2 Å². The van der Waals surface area contributed by atoms with Crippen molar-refractivity contribution in [2.75, 3.05) is 6.54 Å². The Labute approximate surface area is 74.0 Å². The van der Waals surface area contributed by atoms with Gasteiger partial charge >= 0.3 is 5.97 Å². The highest BCUT2D eigenvalue weighted by atomic mass is 16.4. The Balaban J connectivity index is 3.77. The second-order valence-electron chi connectivity index (χ2n) is 3.67. The zero-order valence-corrected chi connectivity index (χ0v) is 7.92. The minimum Gasteiger partial charge on any atom is -0.481 e. The van der Waals surface area contributed by atoms with Crippen LogP contribution in [0, 0.1) is 11.8 Å². The largest absolute Gasteiger partial charge is 0.481 e. The van der Waals surface area contributed by atoms with Crippen LogP contribution in [-0.4, -0.2) is 17.6 Å². The van der Waals surface area contributed by atoms with Crippen LogP contribution < -0.4 is 5.73 Å². The molecule has 1 atom stereocenters. The van der Waals surface area contributed by atoms with Gasteiger partial charge < -0.3 is 10.8 Å². The van der Waals surface area contributed by atoms with E-state index in [1.54, 1.807) is 0 Å². The predicted molar refractivity (Wildman–Crippen MR) is 48.9 cm³/mol. The van der Waals surface area contributed by atoms with Crippen LogP contribution in [0.15, 0.2) is 0 Å². The minimum absolute atomic E-state index is 0.257. The maximum absolute atomic E-state index is 10.4. The van der Waals surface area contributed by atoms with Crippen molar-refractivity contribution in [3.63, 3.8) is 0 Å². The van der Waals surface area contributed by atoms with Gasteiger partial charge in [0.2, 0.25) is 0 Å². The van der Waals surface area contributed by atoms with Gasteiger partial charge in [0.15, 0.2) is 0 Å². The van der Waals surface area contributed by atoms with Crippen molar-refractivity contribution in [1.29, 1.82) is 0 Å². The summed E-state index contributed by atoms with van der Waals surface area (Å²) in [6.07, 6.45) is 2.04. The molecule has 3 heteroatoms. The molecule has 0 bridgehead atoms. The Morgan fingerprint density at radius 1 is 1.50 bits per heavy atom. The molecule has 3 N–H and O–H groups in total. The maximum Gasteiger partial charge on any atom is 0.303 e. The number of aliphatic carboxylic acids is 1. The molecule has 0 radical (unpaired) electrons. The molecular formula is C9H19NO2. The van der Waals surface area contributed by atoms with Crippen LogP contribution in [0.3, 0.4) is 0 Å². The van der Waals surface area contributed by atoms with Crippen LogP contribution in [0.1, 0.15) is 33.1 Å². The molecule has 72 valence electrons. The summed E-state index contributed by atoms with van der Waals surface area (Å²) >= 11 is 0. The van der Waals surface area contributed by atoms with Crippen LogP contribution in [0.25, 0.3) is 0 Å². The highest BCUT2D eigenvalue weighted by molar-refractivity contribution is 5.66. The minimum atomic E-state index is -0.714. The normalized spacial score (nSPS) is 13.3. The molecule has 0 aliphatic heterocycles. The van der Waals surface area contributed by atoms with E-state index in [1.165, 1.54) is 0 Å². The number of hydrogen-bond donors (Lipinski definition) is 2. The smallest absolute Gasteiger partial charge is 0.303 e. The Kier molecular flexibility index (Phi) is 5.72. The van der Waals surface area contributed by atoms with Crippen molar-refractivity contribution < 1.29 is 9.90 Å². The molecule has 0 saturated carbocycles. The monoisotopic (exact) mass is 173 g/mol. The number of carboxylic acids is 1. The Morgan fingerprint density at radius 2 is 2.08 bits per heavy atom. The molecule has 12 heavy (non-hydrogen) atoms. The van der Waals surface area contributed by atoms with Gasteiger partial charge in [-0.1, -0.05) is 13.8 Å². The summed E-state index contributed by atoms with van der Waals surface area (Å²) in [5.41, 5.74) is 5.39. The number of carbonyl (C=O) groups is 1. The van der Waals surface area contributed by atoms with Crippen LogP contribution >= 0.6 is 0 Å². The van der Waals surface area contributed by atoms with E-state index in [0.29, 0.717) is 12.5 Å². The van der Waals surface area contributed by atoms with E-state index in [9.17, 15) is 4.79 Å². The third-order valence-electron chi connectivity index (χ3n) is 1.84. The van der Waals surface area contributed by atoms with Gasteiger partial charge in [0.25, 0.3) is 0 Å². The van der Waals surface area contributed by atoms with Crippen LogP contribution in [0.5, 0.6) is 0 Å². The lowest BCUT2D eigenvalue weighted by molar-refractivity contribution is -0.138. The average Bonchev–Trinajstić information content (AvgIpc) is 1.84. The molecule has 3 nitrogen and oxygen atoms in total. The number of rotatable bonds is 6. The molecule has 0 aliphatic rings. The molecular weight excluding hydrogens is 154 g/mol. The molecule has 0 heterocycles. The van der Waals surface area contributed by atoms with E-state index in [4.69, 9.17) is 10.8 Å². The van der Waals surface area contributed by atoms with Crippen molar-refractivity contribution in [2.24, 2.45) is 17.6 Å². The molecule has 0 fully saturated rings. The van der Waals surface area contributed by atoms with Crippen molar-refractivity contribution in [3.05, 3.63) is 0 Å². The predicted octanol–water partition coefficient (Wildman–Crippen LogP) is 1.47. The fourth-order valence-electron chi connectivity index (χ4n) is 1.45. The Hall–Kier alpha value is -0.570. The molecule has 0 aliphatic carbocycles. The number of nitrogens with two attached hydrogens (primary N) is 1. The highest BCUT2D eigenvalue weighted by Crippen LogP contribution is 2.18. The molecule has 0 saturated heterocycles. The lowest BCUT2D eigenvalue weighted by Gasteiger charge is -2.15. The zero-order valence-electron chi connectivity index (χ0n) is 7.92. The summed E-state index contributed by atoms with van der Waals surface area (Å²) in [6, 6.07) is 0.